The fourth-order valence-electron chi connectivity index (χ4n) is 0.999. The molecule has 0 aromatic carbocycles. The molecule has 0 rings (SSSR count). The Morgan fingerprint density at radius 2 is 2.00 bits per heavy atom. The van der Waals surface area contributed by atoms with E-state index in [2.05, 4.69) is 10.1 Å². The lowest BCUT2D eigenvalue weighted by atomic mass is 10.0. The molecule has 0 fully saturated rings. The molecule has 0 aromatic rings. The van der Waals surface area contributed by atoms with Crippen LogP contribution in [0.4, 0.5) is 4.79 Å². The Hall–Kier alpha value is -1.26. The number of carbonyl (C=O) groups excluding carboxylic acids is 2. The van der Waals surface area contributed by atoms with Gasteiger partial charge in [-0.15, -0.1) is 0 Å². The first-order valence-corrected chi connectivity index (χ1v) is 4.11. The summed E-state index contributed by atoms with van der Waals surface area (Å²) in [6.07, 6.45) is 0.523. The fourth-order valence-corrected chi connectivity index (χ4v) is 0.999. The second-order valence-electron chi connectivity index (χ2n) is 3.21. The molecule has 0 radical (unpaired) electrons. The SMILES string of the molecule is COC(=O)[C@H](CC(C)C)NC(N)=O. The Morgan fingerprint density at radius 3 is 2.31 bits per heavy atom. The molecule has 0 aromatic heterocycles. The molecular formula is C8H16N2O3. The molecule has 0 saturated carbocycles. The van der Waals surface area contributed by atoms with Gasteiger partial charge in [0.1, 0.15) is 6.04 Å². The molecule has 0 spiro atoms. The summed E-state index contributed by atoms with van der Waals surface area (Å²) < 4.78 is 4.50. The topological polar surface area (TPSA) is 81.4 Å². The number of methoxy groups -OCH3 is 1. The summed E-state index contributed by atoms with van der Waals surface area (Å²) >= 11 is 0. The predicted molar refractivity (Wildman–Crippen MR) is 48.0 cm³/mol. The lowest BCUT2D eigenvalue weighted by Crippen LogP contribution is -2.44. The summed E-state index contributed by atoms with van der Waals surface area (Å²) in [4.78, 5) is 21.6. The van der Waals surface area contributed by atoms with E-state index in [4.69, 9.17) is 5.73 Å². The molecular weight excluding hydrogens is 172 g/mol. The van der Waals surface area contributed by atoms with Gasteiger partial charge in [0.25, 0.3) is 0 Å². The van der Waals surface area contributed by atoms with E-state index < -0.39 is 18.0 Å². The molecule has 0 aliphatic carbocycles. The average molecular weight is 188 g/mol. The largest absolute Gasteiger partial charge is 0.467 e. The second kappa shape index (κ2) is 5.40. The number of primary amides is 1. The monoisotopic (exact) mass is 188 g/mol. The third kappa shape index (κ3) is 5.05. The van der Waals surface area contributed by atoms with Crippen molar-refractivity contribution in [3.05, 3.63) is 0 Å². The van der Waals surface area contributed by atoms with E-state index in [1.165, 1.54) is 7.11 Å². The predicted octanol–water partition coefficient (Wildman–Crippen LogP) is 0.242. The highest BCUT2D eigenvalue weighted by Crippen LogP contribution is 2.05. The molecule has 0 bridgehead atoms. The molecule has 13 heavy (non-hydrogen) atoms. The van der Waals surface area contributed by atoms with Crippen LogP contribution < -0.4 is 11.1 Å². The van der Waals surface area contributed by atoms with Crippen molar-refractivity contribution >= 4 is 12.0 Å². The fraction of sp³-hybridized carbons (Fsp3) is 0.750. The number of esters is 1. The molecule has 5 nitrogen and oxygen atoms in total. The highest BCUT2D eigenvalue weighted by molar-refractivity contribution is 5.82. The van der Waals surface area contributed by atoms with E-state index in [0.717, 1.165) is 0 Å². The van der Waals surface area contributed by atoms with Crippen LogP contribution in [-0.2, 0) is 9.53 Å². The van der Waals surface area contributed by atoms with Crippen LogP contribution in [0.5, 0.6) is 0 Å². The molecule has 0 saturated heterocycles. The minimum atomic E-state index is -0.712. The van der Waals surface area contributed by atoms with Crippen LogP contribution >= 0.6 is 0 Å². The number of carbonyl (C=O) groups is 2. The Bertz CT molecular complexity index is 192. The zero-order valence-corrected chi connectivity index (χ0v) is 8.16. The normalized spacial score (nSPS) is 12.3. The summed E-state index contributed by atoms with van der Waals surface area (Å²) in [7, 11) is 1.28. The van der Waals surface area contributed by atoms with Gasteiger partial charge in [0.05, 0.1) is 7.11 Å². The van der Waals surface area contributed by atoms with Crippen molar-refractivity contribution in [2.45, 2.75) is 26.3 Å². The van der Waals surface area contributed by atoms with Gasteiger partial charge in [0, 0.05) is 0 Å². The number of urea groups is 1. The number of hydrogen-bond acceptors (Lipinski definition) is 3. The van der Waals surface area contributed by atoms with Gasteiger partial charge in [-0.25, -0.2) is 9.59 Å². The molecule has 0 aliphatic heterocycles. The van der Waals surface area contributed by atoms with Crippen LogP contribution in [0.3, 0.4) is 0 Å². The van der Waals surface area contributed by atoms with Gasteiger partial charge in [0.15, 0.2) is 0 Å². The van der Waals surface area contributed by atoms with Crippen LogP contribution in [0.1, 0.15) is 20.3 Å². The van der Waals surface area contributed by atoms with Crippen molar-refractivity contribution in [2.75, 3.05) is 7.11 Å². The summed E-state index contributed by atoms with van der Waals surface area (Å²) in [6, 6.07) is -1.35. The molecule has 2 amide bonds. The molecule has 0 heterocycles. The van der Waals surface area contributed by atoms with Crippen LogP contribution in [-0.4, -0.2) is 25.2 Å². The van der Waals surface area contributed by atoms with Gasteiger partial charge >= 0.3 is 12.0 Å². The van der Waals surface area contributed by atoms with Crippen LogP contribution in [0.25, 0.3) is 0 Å². The minimum Gasteiger partial charge on any atom is -0.467 e. The average Bonchev–Trinajstić information content (AvgIpc) is 2.00. The number of amides is 2. The van der Waals surface area contributed by atoms with Crippen molar-refractivity contribution < 1.29 is 14.3 Å². The highest BCUT2D eigenvalue weighted by atomic mass is 16.5. The van der Waals surface area contributed by atoms with E-state index in [-0.39, 0.29) is 5.92 Å². The van der Waals surface area contributed by atoms with E-state index in [9.17, 15) is 9.59 Å². The van der Waals surface area contributed by atoms with Gasteiger partial charge < -0.3 is 15.8 Å². The number of nitrogens with one attached hydrogen (secondary N) is 1. The zero-order valence-electron chi connectivity index (χ0n) is 8.16. The first kappa shape index (κ1) is 11.7. The Balaban J connectivity index is 4.18. The summed E-state index contributed by atoms with van der Waals surface area (Å²) in [5.41, 5.74) is 4.90. The van der Waals surface area contributed by atoms with E-state index in [0.29, 0.717) is 6.42 Å². The molecule has 3 N–H and O–H groups in total. The minimum absolute atomic E-state index is 0.288. The van der Waals surface area contributed by atoms with Crippen molar-refractivity contribution in [2.24, 2.45) is 11.7 Å². The Labute approximate surface area is 77.6 Å². The summed E-state index contributed by atoms with van der Waals surface area (Å²) in [5.74, 6) is -0.177. The molecule has 1 atom stereocenters. The maximum atomic E-state index is 11.1. The third-order valence-electron chi connectivity index (χ3n) is 1.51. The van der Waals surface area contributed by atoms with E-state index >= 15 is 0 Å². The number of nitrogens with two attached hydrogens (primary N) is 1. The highest BCUT2D eigenvalue weighted by Gasteiger charge is 2.21. The Morgan fingerprint density at radius 1 is 1.46 bits per heavy atom. The zero-order chi connectivity index (χ0) is 10.4. The van der Waals surface area contributed by atoms with Gasteiger partial charge in [-0.1, -0.05) is 13.8 Å². The summed E-state index contributed by atoms with van der Waals surface area (Å²) in [6.45, 7) is 3.89. The molecule has 0 aliphatic rings. The molecule has 5 heteroatoms. The maximum absolute atomic E-state index is 11.1. The van der Waals surface area contributed by atoms with Crippen molar-refractivity contribution in [1.29, 1.82) is 0 Å². The van der Waals surface area contributed by atoms with Crippen molar-refractivity contribution in [1.82, 2.24) is 5.32 Å². The van der Waals surface area contributed by atoms with Crippen molar-refractivity contribution in [3.8, 4) is 0 Å². The number of ether oxygens (including phenoxy) is 1. The smallest absolute Gasteiger partial charge is 0.328 e. The third-order valence-corrected chi connectivity index (χ3v) is 1.51. The number of rotatable bonds is 4. The molecule has 76 valence electrons. The first-order chi connectivity index (χ1) is 5.97. The van der Waals surface area contributed by atoms with Crippen LogP contribution in [0.15, 0.2) is 0 Å². The van der Waals surface area contributed by atoms with Gasteiger partial charge in [-0.05, 0) is 12.3 Å². The Kier molecular flexibility index (Phi) is 4.87. The second-order valence-corrected chi connectivity index (χ2v) is 3.21. The molecule has 0 unspecified atom stereocenters. The van der Waals surface area contributed by atoms with E-state index in [1.807, 2.05) is 13.8 Å². The van der Waals surface area contributed by atoms with Gasteiger partial charge in [-0.2, -0.15) is 0 Å². The van der Waals surface area contributed by atoms with Gasteiger partial charge in [-0.3, -0.25) is 0 Å². The maximum Gasteiger partial charge on any atom is 0.328 e. The van der Waals surface area contributed by atoms with Crippen LogP contribution in [0, 0.1) is 5.92 Å². The van der Waals surface area contributed by atoms with Gasteiger partial charge in [0.2, 0.25) is 0 Å². The quantitative estimate of drug-likeness (QED) is 0.620. The van der Waals surface area contributed by atoms with Crippen molar-refractivity contribution in [3.63, 3.8) is 0 Å². The lowest BCUT2D eigenvalue weighted by Gasteiger charge is -2.16. The van der Waals surface area contributed by atoms with E-state index in [1.54, 1.807) is 0 Å². The lowest BCUT2D eigenvalue weighted by molar-refractivity contribution is -0.143. The standard InChI is InChI=1S/C8H16N2O3/c1-5(2)4-6(7(11)13-3)10-8(9)12/h5-6H,4H2,1-3H3,(H3,9,10,12)/t6-/m0/s1. The summed E-state index contributed by atoms with van der Waals surface area (Å²) in [5, 5.41) is 2.33. The first-order valence-electron chi connectivity index (χ1n) is 4.11. The van der Waals surface area contributed by atoms with Crippen LogP contribution in [0.2, 0.25) is 0 Å². The number of hydrogen-bond donors (Lipinski definition) is 2.